The summed E-state index contributed by atoms with van der Waals surface area (Å²) in [5, 5.41) is 3.36. The van der Waals surface area contributed by atoms with E-state index in [4.69, 9.17) is 16.3 Å². The molecule has 0 radical (unpaired) electrons. The third-order valence-corrected chi connectivity index (χ3v) is 6.66. The molecule has 0 saturated heterocycles. The fourth-order valence-electron chi connectivity index (χ4n) is 2.92. The number of anilines is 2. The lowest BCUT2D eigenvalue weighted by Crippen LogP contribution is -2.27. The first-order chi connectivity index (χ1) is 14.2. The molecule has 0 aliphatic carbocycles. The molecule has 0 heterocycles. The van der Waals surface area contributed by atoms with Gasteiger partial charge in [-0.15, -0.1) is 0 Å². The van der Waals surface area contributed by atoms with Gasteiger partial charge in [0.05, 0.1) is 17.7 Å². The summed E-state index contributed by atoms with van der Waals surface area (Å²) in [6.45, 7) is 1.76. The molecule has 0 spiro atoms. The van der Waals surface area contributed by atoms with E-state index in [1.165, 1.54) is 30.6 Å². The number of methoxy groups -OCH3 is 1. The van der Waals surface area contributed by atoms with Crippen LogP contribution in [0, 0.1) is 6.92 Å². The van der Waals surface area contributed by atoms with Gasteiger partial charge in [-0.1, -0.05) is 11.6 Å². The third-order valence-electron chi connectivity index (χ3n) is 4.62. The van der Waals surface area contributed by atoms with E-state index >= 15 is 0 Å². The largest absolute Gasteiger partial charge is 0.497 e. The van der Waals surface area contributed by atoms with Gasteiger partial charge in [-0.3, -0.25) is 9.10 Å². The molecule has 0 fully saturated rings. The summed E-state index contributed by atoms with van der Waals surface area (Å²) >= 11 is 5.86. The lowest BCUT2D eigenvalue weighted by molar-refractivity contribution is 0.102. The number of sulfonamides is 1. The molecule has 30 heavy (non-hydrogen) atoms. The molecule has 156 valence electrons. The van der Waals surface area contributed by atoms with Gasteiger partial charge in [0.1, 0.15) is 5.75 Å². The highest BCUT2D eigenvalue weighted by Crippen LogP contribution is 2.27. The van der Waals surface area contributed by atoms with Crippen molar-refractivity contribution in [3.63, 3.8) is 0 Å². The summed E-state index contributed by atoms with van der Waals surface area (Å²) in [5.74, 6) is 0.275. The van der Waals surface area contributed by atoms with Crippen LogP contribution in [-0.4, -0.2) is 28.5 Å². The van der Waals surface area contributed by atoms with Gasteiger partial charge in [-0.2, -0.15) is 0 Å². The van der Waals surface area contributed by atoms with Crippen molar-refractivity contribution in [2.75, 3.05) is 23.8 Å². The molecule has 0 unspecified atom stereocenters. The number of nitrogens with zero attached hydrogens (tertiary/aromatic N) is 1. The zero-order valence-electron chi connectivity index (χ0n) is 16.7. The molecule has 1 amide bonds. The number of carbonyl (C=O) groups is 1. The van der Waals surface area contributed by atoms with Crippen LogP contribution in [-0.2, 0) is 10.0 Å². The summed E-state index contributed by atoms with van der Waals surface area (Å²) in [6.07, 6.45) is 0. The number of halogens is 1. The summed E-state index contributed by atoms with van der Waals surface area (Å²) in [7, 11) is -0.762. The number of hydrogen-bond acceptors (Lipinski definition) is 4. The second-order valence-electron chi connectivity index (χ2n) is 6.61. The monoisotopic (exact) mass is 444 g/mol. The summed E-state index contributed by atoms with van der Waals surface area (Å²) < 4.78 is 32.2. The lowest BCUT2D eigenvalue weighted by Gasteiger charge is -2.22. The Morgan fingerprint density at radius 1 is 1.00 bits per heavy atom. The van der Waals surface area contributed by atoms with Gasteiger partial charge in [-0.05, 0) is 79.2 Å². The zero-order valence-corrected chi connectivity index (χ0v) is 18.3. The molecule has 0 aliphatic heterocycles. The molecule has 3 aromatic rings. The predicted octanol–water partition coefficient (Wildman–Crippen LogP) is 4.73. The Morgan fingerprint density at radius 3 is 2.20 bits per heavy atom. The maximum atomic E-state index is 13.0. The minimum atomic E-state index is -3.76. The predicted molar refractivity (Wildman–Crippen MR) is 119 cm³/mol. The molecule has 0 aliphatic rings. The van der Waals surface area contributed by atoms with E-state index in [2.05, 4.69) is 5.32 Å². The van der Waals surface area contributed by atoms with E-state index in [0.29, 0.717) is 33.3 Å². The van der Waals surface area contributed by atoms with E-state index in [1.807, 2.05) is 0 Å². The molecule has 0 aromatic heterocycles. The van der Waals surface area contributed by atoms with Gasteiger partial charge in [-0.25, -0.2) is 8.42 Å². The highest BCUT2D eigenvalue weighted by molar-refractivity contribution is 7.92. The maximum absolute atomic E-state index is 13.0. The van der Waals surface area contributed by atoms with Crippen LogP contribution in [0.4, 0.5) is 11.4 Å². The molecule has 8 heteroatoms. The number of aryl methyl sites for hydroxylation is 1. The minimum Gasteiger partial charge on any atom is -0.497 e. The SMILES string of the molecule is COc1ccc(S(=O)(=O)N(C)c2ccc(C(=O)Nc3ccc(Cl)cc3)cc2C)cc1. The molecule has 0 atom stereocenters. The molecule has 3 aromatic carbocycles. The Balaban J connectivity index is 1.82. The molecular formula is C22H21ClN2O4S. The van der Waals surface area contributed by atoms with Crippen molar-refractivity contribution in [2.24, 2.45) is 0 Å². The van der Waals surface area contributed by atoms with Crippen molar-refractivity contribution in [3.05, 3.63) is 82.9 Å². The fraction of sp³-hybridized carbons (Fsp3) is 0.136. The van der Waals surface area contributed by atoms with E-state index in [0.717, 1.165) is 0 Å². The average Bonchev–Trinajstić information content (AvgIpc) is 2.74. The molecule has 1 N–H and O–H groups in total. The van der Waals surface area contributed by atoms with Gasteiger partial charge >= 0.3 is 0 Å². The Kier molecular flexibility index (Phi) is 6.34. The molecule has 0 saturated carbocycles. The van der Waals surface area contributed by atoms with Crippen LogP contribution in [0.3, 0.4) is 0 Å². The zero-order chi connectivity index (χ0) is 21.9. The van der Waals surface area contributed by atoms with Gasteiger partial charge in [0.25, 0.3) is 15.9 Å². The Bertz CT molecular complexity index is 1160. The molecule has 0 bridgehead atoms. The van der Waals surface area contributed by atoms with Crippen molar-refractivity contribution in [2.45, 2.75) is 11.8 Å². The second kappa shape index (κ2) is 8.77. The smallest absolute Gasteiger partial charge is 0.264 e. The normalized spacial score (nSPS) is 11.1. The quantitative estimate of drug-likeness (QED) is 0.596. The van der Waals surface area contributed by atoms with Gasteiger partial charge in [0.2, 0.25) is 0 Å². The summed E-state index contributed by atoms with van der Waals surface area (Å²) in [4.78, 5) is 12.7. The van der Waals surface area contributed by atoms with E-state index in [-0.39, 0.29) is 10.8 Å². The van der Waals surface area contributed by atoms with E-state index in [1.54, 1.807) is 61.5 Å². The lowest BCUT2D eigenvalue weighted by atomic mass is 10.1. The van der Waals surface area contributed by atoms with Crippen LogP contribution in [0.2, 0.25) is 5.02 Å². The van der Waals surface area contributed by atoms with Crippen LogP contribution in [0.15, 0.2) is 71.6 Å². The van der Waals surface area contributed by atoms with E-state index < -0.39 is 10.0 Å². The number of ether oxygens (including phenoxy) is 1. The standard InChI is InChI=1S/C22H21ClN2O4S/c1-15-14-16(22(26)24-18-7-5-17(23)6-8-18)4-13-21(15)25(2)30(27,28)20-11-9-19(29-3)10-12-20/h4-14H,1-3H3,(H,24,26). The van der Waals surface area contributed by atoms with Crippen LogP contribution in [0.5, 0.6) is 5.75 Å². The summed E-state index contributed by atoms with van der Waals surface area (Å²) in [6, 6.07) is 17.8. The van der Waals surface area contributed by atoms with Crippen LogP contribution in [0.25, 0.3) is 0 Å². The number of rotatable bonds is 6. The van der Waals surface area contributed by atoms with E-state index in [9.17, 15) is 13.2 Å². The van der Waals surface area contributed by atoms with Crippen LogP contribution in [0.1, 0.15) is 15.9 Å². The average molecular weight is 445 g/mol. The minimum absolute atomic E-state index is 0.148. The molecule has 3 rings (SSSR count). The van der Waals surface area contributed by atoms with Crippen molar-refractivity contribution in [3.8, 4) is 5.75 Å². The number of amides is 1. The van der Waals surface area contributed by atoms with Crippen molar-refractivity contribution >= 4 is 38.9 Å². The number of hydrogen-bond donors (Lipinski definition) is 1. The first-order valence-electron chi connectivity index (χ1n) is 9.03. The third kappa shape index (κ3) is 4.58. The topological polar surface area (TPSA) is 75.7 Å². The second-order valence-corrected chi connectivity index (χ2v) is 9.02. The summed E-state index contributed by atoms with van der Waals surface area (Å²) in [5.41, 5.74) is 2.17. The van der Waals surface area contributed by atoms with Gasteiger partial charge in [0, 0.05) is 23.3 Å². The van der Waals surface area contributed by atoms with Crippen molar-refractivity contribution < 1.29 is 17.9 Å². The van der Waals surface area contributed by atoms with Gasteiger partial charge < -0.3 is 10.1 Å². The van der Waals surface area contributed by atoms with Crippen molar-refractivity contribution in [1.82, 2.24) is 0 Å². The van der Waals surface area contributed by atoms with Gasteiger partial charge in [0.15, 0.2) is 0 Å². The highest BCUT2D eigenvalue weighted by Gasteiger charge is 2.23. The van der Waals surface area contributed by atoms with Crippen molar-refractivity contribution in [1.29, 1.82) is 0 Å². The first-order valence-corrected chi connectivity index (χ1v) is 10.8. The molecule has 6 nitrogen and oxygen atoms in total. The Hall–Kier alpha value is -3.03. The van der Waals surface area contributed by atoms with Crippen LogP contribution >= 0.6 is 11.6 Å². The Morgan fingerprint density at radius 2 is 1.63 bits per heavy atom. The number of benzene rings is 3. The number of carbonyl (C=O) groups excluding carboxylic acids is 1. The molecular weight excluding hydrogens is 424 g/mol. The maximum Gasteiger partial charge on any atom is 0.264 e. The fourth-order valence-corrected chi connectivity index (χ4v) is 4.31. The van der Waals surface area contributed by atoms with Crippen LogP contribution < -0.4 is 14.4 Å². The first kappa shape index (κ1) is 21.7. The Labute approximate surface area is 181 Å². The highest BCUT2D eigenvalue weighted by atomic mass is 35.5. The number of nitrogens with one attached hydrogen (secondary N) is 1.